The van der Waals surface area contributed by atoms with Crippen molar-refractivity contribution in [3.8, 4) is 0 Å². The molecule has 1 amide bonds. The first-order valence-electron chi connectivity index (χ1n) is 31.3. The third-order valence-electron chi connectivity index (χ3n) is 13.9. The van der Waals surface area contributed by atoms with Gasteiger partial charge in [0.05, 0.1) is 39.9 Å². The van der Waals surface area contributed by atoms with Gasteiger partial charge in [0.2, 0.25) is 5.91 Å². The lowest BCUT2D eigenvalue weighted by Crippen LogP contribution is -2.45. The normalized spacial score (nSPS) is 14.3. The molecule has 0 aliphatic heterocycles. The monoisotopic (exact) mass is 1060 g/mol. The van der Waals surface area contributed by atoms with Gasteiger partial charge in [0, 0.05) is 6.42 Å². The summed E-state index contributed by atoms with van der Waals surface area (Å²) in [7, 11) is 1.25. The smallest absolute Gasteiger partial charge is 0.268 e. The van der Waals surface area contributed by atoms with Gasteiger partial charge < -0.3 is 28.8 Å². The van der Waals surface area contributed by atoms with Crippen LogP contribution in [0.2, 0.25) is 0 Å². The number of phosphoric acid groups is 1. The van der Waals surface area contributed by atoms with Crippen molar-refractivity contribution in [2.75, 3.05) is 40.9 Å². The van der Waals surface area contributed by atoms with Gasteiger partial charge in [-0.15, -0.1) is 0 Å². The highest BCUT2D eigenvalue weighted by atomic mass is 31.2. The van der Waals surface area contributed by atoms with Crippen molar-refractivity contribution in [1.29, 1.82) is 0 Å². The second-order valence-corrected chi connectivity index (χ2v) is 23.8. The number of allylic oxidation sites excluding steroid dienone is 11. The third kappa shape index (κ3) is 57.6. The fourth-order valence-electron chi connectivity index (χ4n) is 9.05. The maximum Gasteiger partial charge on any atom is 0.268 e. The quantitative estimate of drug-likeness (QED) is 0.0272. The molecular weight excluding hydrogens is 936 g/mol. The van der Waals surface area contributed by atoms with Crippen LogP contribution in [-0.2, 0) is 18.4 Å². The largest absolute Gasteiger partial charge is 0.756 e. The standard InChI is InChI=1S/C65H121N2O6P/c1-6-8-10-12-14-16-18-20-22-24-26-28-30-31-32-33-34-35-37-39-41-43-45-47-49-51-53-55-57-59-65(69)66-63(62-73-74(70,71)72-61-60-67(3,4)5)64(68)58-56-54-52-50-48-46-44-42-40-38-36-29-27-25-23-21-19-17-15-13-11-9-7-2/h8,10,14,16,20,22,26,28,48,50,56,58,63-64,68H,6-7,9,11-13,15,17-19,21,23-25,27,29-47,49,51-55,57,59-62H2,1-5H3,(H-,66,69,70,71)/b10-8-,16-14-,22-20-,28-26-,50-48+,58-56+. The highest BCUT2D eigenvalue weighted by molar-refractivity contribution is 7.45. The van der Waals surface area contributed by atoms with Crippen molar-refractivity contribution in [2.24, 2.45) is 0 Å². The number of nitrogens with one attached hydrogen (secondary N) is 1. The predicted octanol–water partition coefficient (Wildman–Crippen LogP) is 18.8. The fourth-order valence-corrected chi connectivity index (χ4v) is 9.77. The molecule has 0 aliphatic rings. The Morgan fingerprint density at radius 3 is 1.26 bits per heavy atom. The molecule has 8 nitrogen and oxygen atoms in total. The van der Waals surface area contributed by atoms with Gasteiger partial charge in [-0.05, 0) is 70.6 Å². The number of hydrogen-bond donors (Lipinski definition) is 2. The molecule has 0 bridgehead atoms. The molecule has 0 heterocycles. The highest BCUT2D eigenvalue weighted by Gasteiger charge is 2.23. The molecular formula is C65H121N2O6P. The number of likely N-dealkylation sites (N-methyl/N-ethyl adjacent to an activating group) is 1. The van der Waals surface area contributed by atoms with Crippen LogP contribution in [0.1, 0.15) is 284 Å². The summed E-state index contributed by atoms with van der Waals surface area (Å²) in [6.07, 6.45) is 77.1. The van der Waals surface area contributed by atoms with E-state index < -0.39 is 26.6 Å². The maximum absolute atomic E-state index is 13.0. The number of amides is 1. The number of aliphatic hydroxyl groups excluding tert-OH is 1. The Morgan fingerprint density at radius 2 is 0.838 bits per heavy atom. The fraction of sp³-hybridized carbons (Fsp3) is 0.800. The van der Waals surface area contributed by atoms with Crippen LogP contribution in [0.3, 0.4) is 0 Å². The van der Waals surface area contributed by atoms with Crippen LogP contribution < -0.4 is 10.2 Å². The van der Waals surface area contributed by atoms with Crippen molar-refractivity contribution in [1.82, 2.24) is 5.32 Å². The second-order valence-electron chi connectivity index (χ2n) is 22.4. The van der Waals surface area contributed by atoms with E-state index in [1.807, 2.05) is 27.2 Å². The molecule has 3 atom stereocenters. The van der Waals surface area contributed by atoms with E-state index in [9.17, 15) is 19.4 Å². The lowest BCUT2D eigenvalue weighted by Gasteiger charge is -2.29. The van der Waals surface area contributed by atoms with Crippen molar-refractivity contribution >= 4 is 13.7 Å². The van der Waals surface area contributed by atoms with Crippen molar-refractivity contribution in [3.63, 3.8) is 0 Å². The van der Waals surface area contributed by atoms with Crippen LogP contribution in [0.25, 0.3) is 0 Å². The molecule has 0 aromatic rings. The number of quaternary nitrogens is 1. The van der Waals surface area contributed by atoms with Gasteiger partial charge in [-0.3, -0.25) is 9.36 Å². The first-order chi connectivity index (χ1) is 36.0. The molecule has 2 N–H and O–H groups in total. The Morgan fingerprint density at radius 1 is 0.486 bits per heavy atom. The van der Waals surface area contributed by atoms with E-state index in [1.165, 1.54) is 199 Å². The van der Waals surface area contributed by atoms with Gasteiger partial charge in [-0.2, -0.15) is 0 Å². The summed E-state index contributed by atoms with van der Waals surface area (Å²) in [4.78, 5) is 25.6. The van der Waals surface area contributed by atoms with Gasteiger partial charge in [0.1, 0.15) is 13.2 Å². The van der Waals surface area contributed by atoms with E-state index >= 15 is 0 Å². The Kier molecular flexibility index (Phi) is 54.1. The number of rotatable bonds is 57. The van der Waals surface area contributed by atoms with E-state index in [0.29, 0.717) is 17.4 Å². The van der Waals surface area contributed by atoms with Gasteiger partial charge in [-0.25, -0.2) is 0 Å². The molecule has 0 spiro atoms. The average Bonchev–Trinajstić information content (AvgIpc) is 3.36. The van der Waals surface area contributed by atoms with Crippen molar-refractivity contribution < 1.29 is 32.9 Å². The lowest BCUT2D eigenvalue weighted by molar-refractivity contribution is -0.870. The summed E-state index contributed by atoms with van der Waals surface area (Å²) in [6, 6.07) is -0.907. The molecule has 0 rings (SSSR count). The van der Waals surface area contributed by atoms with E-state index in [4.69, 9.17) is 9.05 Å². The highest BCUT2D eigenvalue weighted by Crippen LogP contribution is 2.38. The summed E-state index contributed by atoms with van der Waals surface area (Å²) >= 11 is 0. The third-order valence-corrected chi connectivity index (χ3v) is 14.9. The number of nitrogens with zero attached hydrogens (tertiary/aromatic N) is 1. The number of aliphatic hydroxyl groups is 1. The number of carbonyl (C=O) groups excluding carboxylic acids is 1. The SMILES string of the molecule is CC/C=C\C/C=C\C/C=C\C/C=C\CCCCCCCCCCCCCCCCCCC(=O)NC(COP(=O)([O-])OCC[N+](C)(C)C)C(O)/C=C/CC/C=C/CCCCCCCCCCCCCCCCCCC. The molecule has 0 aromatic heterocycles. The van der Waals surface area contributed by atoms with Crippen LogP contribution in [0.4, 0.5) is 0 Å². The van der Waals surface area contributed by atoms with Crippen LogP contribution in [0.5, 0.6) is 0 Å². The van der Waals surface area contributed by atoms with Gasteiger partial charge in [0.25, 0.3) is 7.82 Å². The van der Waals surface area contributed by atoms with Crippen molar-refractivity contribution in [3.05, 3.63) is 72.9 Å². The molecule has 0 fully saturated rings. The number of hydrogen-bond acceptors (Lipinski definition) is 6. The summed E-state index contributed by atoms with van der Waals surface area (Å²) in [6.45, 7) is 4.55. The van der Waals surface area contributed by atoms with Crippen LogP contribution >= 0.6 is 7.82 Å². The molecule has 3 unspecified atom stereocenters. The van der Waals surface area contributed by atoms with Gasteiger partial charge in [-0.1, -0.05) is 279 Å². The maximum atomic E-state index is 13.0. The van der Waals surface area contributed by atoms with E-state index in [-0.39, 0.29) is 12.5 Å². The molecule has 0 aromatic carbocycles. The Bertz CT molecular complexity index is 1430. The van der Waals surface area contributed by atoms with Crippen LogP contribution in [0.15, 0.2) is 72.9 Å². The molecule has 0 radical (unpaired) electrons. The van der Waals surface area contributed by atoms with Crippen LogP contribution in [0, 0.1) is 0 Å². The zero-order valence-electron chi connectivity index (χ0n) is 49.3. The summed E-state index contributed by atoms with van der Waals surface area (Å²) in [5.41, 5.74) is 0. The van der Waals surface area contributed by atoms with Crippen LogP contribution in [-0.4, -0.2) is 68.5 Å². The second kappa shape index (κ2) is 55.7. The molecule has 432 valence electrons. The average molecular weight is 1060 g/mol. The Labute approximate surface area is 459 Å². The predicted molar refractivity (Wildman–Crippen MR) is 320 cm³/mol. The minimum absolute atomic E-state index is 0.00756. The zero-order chi connectivity index (χ0) is 54.2. The molecule has 0 aliphatic carbocycles. The number of phosphoric ester groups is 1. The molecule has 0 saturated carbocycles. The first kappa shape index (κ1) is 71.9. The summed E-state index contributed by atoms with van der Waals surface area (Å²) in [5, 5.41) is 13.9. The van der Waals surface area contributed by atoms with E-state index in [1.54, 1.807) is 6.08 Å². The first-order valence-corrected chi connectivity index (χ1v) is 32.8. The minimum atomic E-state index is -4.61. The Balaban J connectivity index is 4.17. The lowest BCUT2D eigenvalue weighted by atomic mass is 10.0. The zero-order valence-corrected chi connectivity index (χ0v) is 50.2. The Hall–Kier alpha value is -2.06. The number of carbonyl (C=O) groups is 1. The molecule has 9 heteroatoms. The summed E-state index contributed by atoms with van der Waals surface area (Å²) in [5.74, 6) is -0.206. The minimum Gasteiger partial charge on any atom is -0.756 e. The molecule has 74 heavy (non-hydrogen) atoms. The van der Waals surface area contributed by atoms with E-state index in [0.717, 1.165) is 64.2 Å². The van der Waals surface area contributed by atoms with Gasteiger partial charge in [0.15, 0.2) is 0 Å². The van der Waals surface area contributed by atoms with E-state index in [2.05, 4.69) is 79.9 Å². The molecule has 0 saturated heterocycles. The number of unbranched alkanes of at least 4 members (excludes halogenated alkanes) is 34. The van der Waals surface area contributed by atoms with Gasteiger partial charge >= 0.3 is 0 Å². The summed E-state index contributed by atoms with van der Waals surface area (Å²) < 4.78 is 23.4. The topological polar surface area (TPSA) is 108 Å². The van der Waals surface area contributed by atoms with Crippen molar-refractivity contribution in [2.45, 2.75) is 296 Å².